The lowest BCUT2D eigenvalue weighted by atomic mass is 9.71. The van der Waals surface area contributed by atoms with E-state index in [-0.39, 0.29) is 17.3 Å². The molecule has 0 heterocycles. The topological polar surface area (TPSA) is 55.4 Å². The molecule has 0 radical (unpaired) electrons. The summed E-state index contributed by atoms with van der Waals surface area (Å²) in [6, 6.07) is 9.40. The fourth-order valence-corrected chi connectivity index (χ4v) is 3.88. The molecule has 4 nitrogen and oxygen atoms in total. The Kier molecular flexibility index (Phi) is 10.1. The van der Waals surface area contributed by atoms with Crippen molar-refractivity contribution in [2.75, 3.05) is 11.9 Å². The van der Waals surface area contributed by atoms with E-state index in [0.717, 1.165) is 40.8 Å². The van der Waals surface area contributed by atoms with Crippen LogP contribution >= 0.6 is 0 Å². The van der Waals surface area contributed by atoms with E-state index in [1.54, 1.807) is 12.2 Å². The molecule has 0 aliphatic heterocycles. The number of anilines is 1. The third kappa shape index (κ3) is 8.51. The highest BCUT2D eigenvalue weighted by Crippen LogP contribution is 2.43. The Morgan fingerprint density at radius 1 is 1.09 bits per heavy atom. The minimum atomic E-state index is -0.276. The minimum absolute atomic E-state index is 0.0359. The van der Waals surface area contributed by atoms with E-state index in [1.165, 1.54) is 5.57 Å². The Balaban J connectivity index is 2.09. The molecule has 4 heteroatoms. The Morgan fingerprint density at radius 2 is 1.79 bits per heavy atom. The summed E-state index contributed by atoms with van der Waals surface area (Å²) in [5.41, 5.74) is 6.20. The van der Waals surface area contributed by atoms with Crippen molar-refractivity contribution in [3.8, 4) is 0 Å². The van der Waals surface area contributed by atoms with Crippen LogP contribution in [0.2, 0.25) is 0 Å². The first kappa shape index (κ1) is 26.8. The second-order valence-corrected chi connectivity index (χ2v) is 9.19. The van der Waals surface area contributed by atoms with Crippen LogP contribution in [0.3, 0.4) is 0 Å². The Hall–Kier alpha value is -3.40. The number of benzene rings is 1. The van der Waals surface area contributed by atoms with E-state index >= 15 is 0 Å². The number of allylic oxidation sites excluding steroid dienone is 10. The molecule has 34 heavy (non-hydrogen) atoms. The highest BCUT2D eigenvalue weighted by atomic mass is 16.5. The van der Waals surface area contributed by atoms with Crippen molar-refractivity contribution in [3.05, 3.63) is 101 Å². The number of ether oxygens (including phenoxy) is 1. The molecule has 0 fully saturated rings. The zero-order valence-corrected chi connectivity index (χ0v) is 21.3. The van der Waals surface area contributed by atoms with Crippen LogP contribution < -0.4 is 5.32 Å². The summed E-state index contributed by atoms with van der Waals surface area (Å²) < 4.78 is 5.09. The van der Waals surface area contributed by atoms with Crippen LogP contribution in [0.5, 0.6) is 0 Å². The summed E-state index contributed by atoms with van der Waals surface area (Å²) in [6.07, 6.45) is 15.2. The smallest absolute Gasteiger partial charge is 0.331 e. The predicted molar refractivity (Wildman–Crippen MR) is 141 cm³/mol. The molecule has 0 aromatic heterocycles. The van der Waals surface area contributed by atoms with Crippen LogP contribution in [0.4, 0.5) is 5.69 Å². The maximum atomic E-state index is 12.1. The minimum Gasteiger partial charge on any atom is -0.463 e. The first-order chi connectivity index (χ1) is 16.1. The molecule has 1 aliphatic carbocycles. The molecule has 2 rings (SSSR count). The second kappa shape index (κ2) is 12.7. The average molecular weight is 460 g/mol. The van der Waals surface area contributed by atoms with Crippen LogP contribution in [-0.4, -0.2) is 18.5 Å². The van der Waals surface area contributed by atoms with Crippen molar-refractivity contribution < 1.29 is 14.3 Å². The first-order valence-electron chi connectivity index (χ1n) is 11.8. The van der Waals surface area contributed by atoms with Gasteiger partial charge in [-0.2, -0.15) is 0 Å². The van der Waals surface area contributed by atoms with Gasteiger partial charge in [-0.25, -0.2) is 4.79 Å². The van der Waals surface area contributed by atoms with Crippen LogP contribution in [0.25, 0.3) is 0 Å². The number of rotatable bonds is 8. The van der Waals surface area contributed by atoms with E-state index in [2.05, 4.69) is 38.2 Å². The molecule has 0 spiro atoms. The van der Waals surface area contributed by atoms with Crippen molar-refractivity contribution >= 4 is 17.6 Å². The zero-order chi connectivity index (χ0) is 25.1. The standard InChI is InChI=1S/C30H37NO3/c1-7-34-29(33)21-25-18-19-30(5,6)27(24(25)4)17-16-22(2)12-11-13-23(3)20-28(32)31-26-14-9-8-10-15-26/h8-17,20-21H,7,18-19H2,1-6H3,(H,31,32)/b13-11+,17-16+,22-12+,23-20-,25-21+. The lowest BCUT2D eigenvalue weighted by Gasteiger charge is -2.34. The molecule has 0 bridgehead atoms. The van der Waals surface area contributed by atoms with Gasteiger partial charge >= 0.3 is 5.97 Å². The number of carbonyl (C=O) groups excluding carboxylic acids is 2. The van der Waals surface area contributed by atoms with E-state index in [1.807, 2.05) is 69.3 Å². The van der Waals surface area contributed by atoms with Crippen LogP contribution in [0.15, 0.2) is 101 Å². The van der Waals surface area contributed by atoms with Gasteiger partial charge in [0, 0.05) is 17.8 Å². The monoisotopic (exact) mass is 459 g/mol. The summed E-state index contributed by atoms with van der Waals surface area (Å²) in [6.45, 7) is 12.7. The van der Waals surface area contributed by atoms with Crippen molar-refractivity contribution in [2.24, 2.45) is 5.41 Å². The summed E-state index contributed by atoms with van der Waals surface area (Å²) in [5, 5.41) is 2.85. The number of amides is 1. The molecule has 0 unspecified atom stereocenters. The van der Waals surface area contributed by atoms with E-state index < -0.39 is 0 Å². The molecule has 1 aliphatic rings. The first-order valence-corrected chi connectivity index (χ1v) is 11.8. The van der Waals surface area contributed by atoms with Gasteiger partial charge in [-0.3, -0.25) is 4.79 Å². The molecule has 0 atom stereocenters. The Labute approximate surface area is 204 Å². The molecule has 1 aromatic rings. The highest BCUT2D eigenvalue weighted by Gasteiger charge is 2.29. The molecule has 1 aromatic carbocycles. The van der Waals surface area contributed by atoms with E-state index in [9.17, 15) is 9.59 Å². The van der Waals surface area contributed by atoms with Crippen molar-refractivity contribution in [1.82, 2.24) is 0 Å². The molecule has 0 saturated carbocycles. The summed E-state index contributed by atoms with van der Waals surface area (Å²) in [5.74, 6) is -0.426. The lowest BCUT2D eigenvalue weighted by molar-refractivity contribution is -0.137. The van der Waals surface area contributed by atoms with Gasteiger partial charge < -0.3 is 10.1 Å². The van der Waals surface area contributed by atoms with Crippen molar-refractivity contribution in [3.63, 3.8) is 0 Å². The third-order valence-electron chi connectivity index (χ3n) is 5.84. The number of carbonyl (C=O) groups is 2. The number of hydrogen-bond donors (Lipinski definition) is 1. The van der Waals surface area contributed by atoms with Gasteiger partial charge in [0.25, 0.3) is 0 Å². The number of nitrogens with one attached hydrogen (secondary N) is 1. The maximum absolute atomic E-state index is 12.1. The predicted octanol–water partition coefficient (Wildman–Crippen LogP) is 7.26. The lowest BCUT2D eigenvalue weighted by Crippen LogP contribution is -2.21. The quantitative estimate of drug-likeness (QED) is 0.253. The number of hydrogen-bond acceptors (Lipinski definition) is 3. The zero-order valence-electron chi connectivity index (χ0n) is 21.3. The third-order valence-corrected chi connectivity index (χ3v) is 5.84. The molecule has 1 amide bonds. The summed E-state index contributed by atoms with van der Waals surface area (Å²) >= 11 is 0. The molecular formula is C30H37NO3. The average Bonchev–Trinajstić information content (AvgIpc) is 2.76. The van der Waals surface area contributed by atoms with Gasteiger partial charge in [0.1, 0.15) is 0 Å². The van der Waals surface area contributed by atoms with Crippen molar-refractivity contribution in [2.45, 2.75) is 54.4 Å². The van der Waals surface area contributed by atoms with Crippen LogP contribution in [-0.2, 0) is 14.3 Å². The SMILES string of the molecule is CCOC(=O)/C=C1\CCC(C)(C)C(/C=C/C(C)=C/C=C/C(C)=C\C(=O)Nc2ccccc2)=C1C. The fraction of sp³-hybridized carbons (Fsp3) is 0.333. The van der Waals surface area contributed by atoms with Gasteiger partial charge in [0.2, 0.25) is 5.91 Å². The van der Waals surface area contributed by atoms with Gasteiger partial charge in [0.15, 0.2) is 0 Å². The van der Waals surface area contributed by atoms with E-state index in [4.69, 9.17) is 4.74 Å². The Morgan fingerprint density at radius 3 is 2.47 bits per heavy atom. The number of esters is 1. The van der Waals surface area contributed by atoms with Gasteiger partial charge in [-0.05, 0) is 80.4 Å². The summed E-state index contributed by atoms with van der Waals surface area (Å²) in [7, 11) is 0. The Bertz CT molecular complexity index is 1060. The van der Waals surface area contributed by atoms with Gasteiger partial charge in [-0.15, -0.1) is 0 Å². The molecular weight excluding hydrogens is 422 g/mol. The van der Waals surface area contributed by atoms with Gasteiger partial charge in [0.05, 0.1) is 6.61 Å². The normalized spacial score (nSPS) is 18.1. The van der Waals surface area contributed by atoms with Crippen molar-refractivity contribution in [1.29, 1.82) is 0 Å². The molecule has 1 N–H and O–H groups in total. The van der Waals surface area contributed by atoms with Gasteiger partial charge in [-0.1, -0.05) is 68.0 Å². The highest BCUT2D eigenvalue weighted by molar-refractivity contribution is 5.99. The maximum Gasteiger partial charge on any atom is 0.331 e. The second-order valence-electron chi connectivity index (χ2n) is 9.19. The molecule has 180 valence electrons. The summed E-state index contributed by atoms with van der Waals surface area (Å²) in [4.78, 5) is 24.1. The molecule has 0 saturated heterocycles. The fourth-order valence-electron chi connectivity index (χ4n) is 3.88. The van der Waals surface area contributed by atoms with Crippen LogP contribution in [0, 0.1) is 5.41 Å². The van der Waals surface area contributed by atoms with E-state index in [0.29, 0.717) is 6.61 Å². The van der Waals surface area contributed by atoms with Crippen LogP contribution in [0.1, 0.15) is 54.4 Å². The number of para-hydroxylation sites is 1. The largest absolute Gasteiger partial charge is 0.463 e.